The van der Waals surface area contributed by atoms with Gasteiger partial charge in [0.25, 0.3) is 5.91 Å². The molecule has 5 rings (SSSR count). The van der Waals surface area contributed by atoms with Crippen LogP contribution >= 0.6 is 0 Å². The van der Waals surface area contributed by atoms with Crippen LogP contribution in [-0.2, 0) is 4.79 Å². The van der Waals surface area contributed by atoms with Crippen molar-refractivity contribution in [2.75, 3.05) is 19.7 Å². The predicted octanol–water partition coefficient (Wildman–Crippen LogP) is 3.47. The van der Waals surface area contributed by atoms with Gasteiger partial charge in [-0.25, -0.2) is 0 Å². The highest BCUT2D eigenvalue weighted by Crippen LogP contribution is 2.43. The van der Waals surface area contributed by atoms with Gasteiger partial charge in [-0.1, -0.05) is 72.3 Å². The van der Waals surface area contributed by atoms with E-state index in [0.717, 1.165) is 16.7 Å². The molecule has 0 aliphatic carbocycles. The average molecular weight is 427 g/mol. The van der Waals surface area contributed by atoms with Crippen LogP contribution in [0.4, 0.5) is 0 Å². The summed E-state index contributed by atoms with van der Waals surface area (Å²) in [6, 6.07) is 25.5. The van der Waals surface area contributed by atoms with Gasteiger partial charge in [0.05, 0.1) is 18.7 Å². The van der Waals surface area contributed by atoms with Crippen LogP contribution in [0.25, 0.3) is 11.1 Å². The van der Waals surface area contributed by atoms with Crippen molar-refractivity contribution in [3.05, 3.63) is 95.6 Å². The molecule has 2 aliphatic heterocycles. The molecule has 5 heteroatoms. The topological polar surface area (TPSA) is 60.9 Å². The molecule has 2 heterocycles. The summed E-state index contributed by atoms with van der Waals surface area (Å²) < 4.78 is 0. The van der Waals surface area contributed by atoms with Crippen molar-refractivity contribution in [1.29, 1.82) is 0 Å². The second-order valence-electron chi connectivity index (χ2n) is 8.68. The van der Waals surface area contributed by atoms with Gasteiger partial charge >= 0.3 is 0 Å². The van der Waals surface area contributed by atoms with Gasteiger partial charge in [0, 0.05) is 18.0 Å². The number of benzene rings is 3. The Labute approximate surface area is 187 Å². The molecule has 0 saturated carbocycles. The minimum atomic E-state index is -0.244. The van der Waals surface area contributed by atoms with Crippen molar-refractivity contribution >= 4 is 11.8 Å². The fraction of sp³-hybridized carbons (Fsp3) is 0.259. The Morgan fingerprint density at radius 2 is 1.56 bits per heavy atom. The maximum absolute atomic E-state index is 12.9. The number of hydrogen-bond acceptors (Lipinski definition) is 3. The molecule has 5 nitrogen and oxygen atoms in total. The van der Waals surface area contributed by atoms with Crippen LogP contribution in [0.15, 0.2) is 78.9 Å². The maximum Gasteiger partial charge on any atom is 0.254 e. The van der Waals surface area contributed by atoms with E-state index in [1.807, 2.05) is 18.2 Å². The minimum Gasteiger partial charge on any atom is -0.394 e. The molecule has 3 aromatic rings. The Bertz CT molecular complexity index is 1130. The number of piperazine rings is 1. The number of carbonyl (C=O) groups excluding carboxylic acids is 2. The molecule has 2 fully saturated rings. The largest absolute Gasteiger partial charge is 0.394 e. The van der Waals surface area contributed by atoms with Crippen LogP contribution in [0.2, 0.25) is 0 Å². The number of rotatable bonds is 4. The SMILES string of the molecule is Cc1ccc(-c2ccc([C@H]3[C@H](CO)N4C(=O)CN(C(=O)c5ccccc5)C[C@@H]34)cc2)cc1. The molecule has 32 heavy (non-hydrogen) atoms. The van der Waals surface area contributed by atoms with Crippen molar-refractivity contribution in [3.63, 3.8) is 0 Å². The highest BCUT2D eigenvalue weighted by Gasteiger charge is 2.54. The molecule has 2 amide bonds. The molecule has 0 aromatic heterocycles. The van der Waals surface area contributed by atoms with Crippen LogP contribution in [0.3, 0.4) is 0 Å². The summed E-state index contributed by atoms with van der Waals surface area (Å²) in [7, 11) is 0. The molecule has 0 unspecified atom stereocenters. The first-order valence-electron chi connectivity index (χ1n) is 11.0. The lowest BCUT2D eigenvalue weighted by atomic mass is 9.73. The van der Waals surface area contributed by atoms with Crippen LogP contribution in [-0.4, -0.2) is 58.5 Å². The van der Waals surface area contributed by atoms with E-state index in [4.69, 9.17) is 0 Å². The third-order valence-corrected chi connectivity index (χ3v) is 6.74. The van der Waals surface area contributed by atoms with Crippen molar-refractivity contribution in [2.45, 2.75) is 24.9 Å². The number of aryl methyl sites for hydroxylation is 1. The number of fused-ring (bicyclic) bond motifs is 1. The second kappa shape index (κ2) is 8.24. The zero-order valence-electron chi connectivity index (χ0n) is 18.0. The van der Waals surface area contributed by atoms with Crippen molar-refractivity contribution in [1.82, 2.24) is 9.80 Å². The van der Waals surface area contributed by atoms with Crippen molar-refractivity contribution in [2.24, 2.45) is 0 Å². The third-order valence-electron chi connectivity index (χ3n) is 6.74. The van der Waals surface area contributed by atoms with Crippen LogP contribution in [0.1, 0.15) is 27.4 Å². The quantitative estimate of drug-likeness (QED) is 0.695. The Morgan fingerprint density at radius 3 is 2.19 bits per heavy atom. The van der Waals surface area contributed by atoms with Gasteiger partial charge in [-0.15, -0.1) is 0 Å². The number of aliphatic hydroxyl groups excluding tert-OH is 1. The minimum absolute atomic E-state index is 0.00221. The molecule has 0 bridgehead atoms. The smallest absolute Gasteiger partial charge is 0.254 e. The number of carbonyl (C=O) groups is 2. The van der Waals surface area contributed by atoms with Crippen LogP contribution in [0, 0.1) is 6.92 Å². The monoisotopic (exact) mass is 426 g/mol. The van der Waals surface area contributed by atoms with E-state index in [-0.39, 0.29) is 43.0 Å². The lowest BCUT2D eigenvalue weighted by Crippen LogP contribution is -2.73. The maximum atomic E-state index is 12.9. The molecule has 1 N–H and O–H groups in total. The Morgan fingerprint density at radius 1 is 0.938 bits per heavy atom. The second-order valence-corrected chi connectivity index (χ2v) is 8.68. The van der Waals surface area contributed by atoms with Crippen LogP contribution in [0.5, 0.6) is 0 Å². The zero-order valence-corrected chi connectivity index (χ0v) is 18.0. The normalized spacial score (nSPS) is 22.3. The molecule has 0 radical (unpaired) electrons. The molecule has 3 atom stereocenters. The van der Waals surface area contributed by atoms with Crippen LogP contribution < -0.4 is 0 Å². The van der Waals surface area contributed by atoms with E-state index in [9.17, 15) is 14.7 Å². The summed E-state index contributed by atoms with van der Waals surface area (Å²) in [6.07, 6.45) is 0. The predicted molar refractivity (Wildman–Crippen MR) is 123 cm³/mol. The molecule has 2 saturated heterocycles. The first-order valence-corrected chi connectivity index (χ1v) is 11.0. The Balaban J connectivity index is 1.38. The Hall–Kier alpha value is -3.44. The molecular formula is C27H26N2O3. The summed E-state index contributed by atoms with van der Waals surface area (Å²) in [4.78, 5) is 29.2. The van der Waals surface area contributed by atoms with Gasteiger partial charge in [0.2, 0.25) is 5.91 Å². The molecule has 0 spiro atoms. The van der Waals surface area contributed by atoms with Crippen molar-refractivity contribution < 1.29 is 14.7 Å². The molecular weight excluding hydrogens is 400 g/mol. The summed E-state index contributed by atoms with van der Waals surface area (Å²) >= 11 is 0. The lowest BCUT2D eigenvalue weighted by Gasteiger charge is -2.58. The van der Waals surface area contributed by atoms with Gasteiger partial charge in [0.15, 0.2) is 0 Å². The fourth-order valence-corrected chi connectivity index (χ4v) is 5.06. The highest BCUT2D eigenvalue weighted by molar-refractivity contribution is 5.97. The summed E-state index contributed by atoms with van der Waals surface area (Å²) in [5, 5.41) is 10.0. The van der Waals surface area contributed by atoms with Crippen molar-refractivity contribution in [3.8, 4) is 11.1 Å². The number of nitrogens with zero attached hydrogens (tertiary/aromatic N) is 2. The molecule has 162 valence electrons. The molecule has 3 aromatic carbocycles. The van der Waals surface area contributed by atoms with Gasteiger partial charge in [-0.3, -0.25) is 9.59 Å². The van der Waals surface area contributed by atoms with E-state index in [0.29, 0.717) is 12.1 Å². The first kappa shape index (κ1) is 20.5. The number of hydrogen-bond donors (Lipinski definition) is 1. The number of aliphatic hydroxyl groups is 1. The Kier molecular flexibility index (Phi) is 5.27. The summed E-state index contributed by atoms with van der Waals surface area (Å²) in [5.74, 6) is -0.223. The van der Waals surface area contributed by atoms with Gasteiger partial charge in [0.1, 0.15) is 6.54 Å². The summed E-state index contributed by atoms with van der Waals surface area (Å²) in [5.41, 5.74) is 5.19. The average Bonchev–Trinajstić information content (AvgIpc) is 2.81. The fourth-order valence-electron chi connectivity index (χ4n) is 5.06. The first-order chi connectivity index (χ1) is 15.6. The highest BCUT2D eigenvalue weighted by atomic mass is 16.3. The standard InChI is InChI=1S/C27H26N2O3/c1-18-7-9-19(10-8-18)20-11-13-21(14-12-20)26-23-15-28(16-25(31)29(23)24(26)17-30)27(32)22-5-3-2-4-6-22/h2-14,23-24,26,30H,15-17H2,1H3/t23-,24-,26+/m0/s1. The van der Waals surface area contributed by atoms with E-state index < -0.39 is 0 Å². The van der Waals surface area contributed by atoms with E-state index in [1.165, 1.54) is 5.56 Å². The van der Waals surface area contributed by atoms with Gasteiger partial charge < -0.3 is 14.9 Å². The van der Waals surface area contributed by atoms with E-state index >= 15 is 0 Å². The van der Waals surface area contributed by atoms with E-state index in [1.54, 1.807) is 21.9 Å². The third kappa shape index (κ3) is 3.49. The summed E-state index contributed by atoms with van der Waals surface area (Å²) in [6.45, 7) is 2.51. The number of amides is 2. The molecule has 2 aliphatic rings. The zero-order chi connectivity index (χ0) is 22.2. The van der Waals surface area contributed by atoms with Gasteiger partial charge in [-0.2, -0.15) is 0 Å². The van der Waals surface area contributed by atoms with Gasteiger partial charge in [-0.05, 0) is 35.7 Å². The van der Waals surface area contributed by atoms with E-state index in [2.05, 4.69) is 55.5 Å². The lowest BCUT2D eigenvalue weighted by molar-refractivity contribution is -0.159.